The minimum atomic E-state index is -1.45. The smallest absolute Gasteiger partial charge is 0.251 e. The summed E-state index contributed by atoms with van der Waals surface area (Å²) in [5, 5.41) is 9.90. The Morgan fingerprint density at radius 3 is 2.69 bits per heavy atom. The van der Waals surface area contributed by atoms with Gasteiger partial charge in [0.15, 0.2) is 6.10 Å². The Kier molecular flexibility index (Phi) is 4.15. The second-order valence-electron chi connectivity index (χ2n) is 3.35. The highest BCUT2D eigenvalue weighted by molar-refractivity contribution is 6.32. The SMILES string of the molecule is CCc1cc(Cl)c(C(O)C(N)=O)c(OC)c1. The van der Waals surface area contributed by atoms with E-state index in [9.17, 15) is 9.90 Å². The van der Waals surface area contributed by atoms with Crippen LogP contribution in [0.3, 0.4) is 0 Å². The zero-order chi connectivity index (χ0) is 12.3. The number of hydrogen-bond donors (Lipinski definition) is 2. The number of halogens is 1. The van der Waals surface area contributed by atoms with Crippen molar-refractivity contribution < 1.29 is 14.6 Å². The highest BCUT2D eigenvalue weighted by Gasteiger charge is 2.22. The van der Waals surface area contributed by atoms with Crippen LogP contribution in [0.15, 0.2) is 12.1 Å². The van der Waals surface area contributed by atoms with Gasteiger partial charge in [-0.15, -0.1) is 0 Å². The third kappa shape index (κ3) is 2.46. The number of carbonyl (C=O) groups excluding carboxylic acids is 1. The predicted molar refractivity (Wildman–Crippen MR) is 61.5 cm³/mol. The number of ether oxygens (including phenoxy) is 1. The zero-order valence-electron chi connectivity index (χ0n) is 9.16. The number of nitrogens with two attached hydrogens (primary N) is 1. The number of rotatable bonds is 4. The van der Waals surface area contributed by atoms with Crippen molar-refractivity contribution in [2.24, 2.45) is 5.73 Å². The summed E-state index contributed by atoms with van der Waals surface area (Å²) >= 11 is 5.98. The molecule has 0 bridgehead atoms. The maximum atomic E-state index is 10.9. The van der Waals surface area contributed by atoms with E-state index in [0.29, 0.717) is 5.75 Å². The molecule has 0 heterocycles. The number of methoxy groups -OCH3 is 1. The minimum absolute atomic E-state index is 0.217. The van der Waals surface area contributed by atoms with Crippen molar-refractivity contribution in [3.05, 3.63) is 28.3 Å². The van der Waals surface area contributed by atoms with E-state index in [4.69, 9.17) is 22.1 Å². The summed E-state index contributed by atoms with van der Waals surface area (Å²) in [6, 6.07) is 3.42. The Bertz CT molecular complexity index is 406. The van der Waals surface area contributed by atoms with Gasteiger partial charge in [-0.2, -0.15) is 0 Å². The van der Waals surface area contributed by atoms with E-state index >= 15 is 0 Å². The highest BCUT2D eigenvalue weighted by Crippen LogP contribution is 2.33. The van der Waals surface area contributed by atoms with Crippen molar-refractivity contribution in [1.82, 2.24) is 0 Å². The molecular weight excluding hydrogens is 230 g/mol. The van der Waals surface area contributed by atoms with Gasteiger partial charge in [0, 0.05) is 0 Å². The van der Waals surface area contributed by atoms with Gasteiger partial charge >= 0.3 is 0 Å². The monoisotopic (exact) mass is 243 g/mol. The zero-order valence-corrected chi connectivity index (χ0v) is 9.91. The molecule has 0 fully saturated rings. The van der Waals surface area contributed by atoms with E-state index in [-0.39, 0.29) is 10.6 Å². The number of aryl methyl sites for hydroxylation is 1. The molecule has 0 spiro atoms. The van der Waals surface area contributed by atoms with Crippen LogP contribution in [0.5, 0.6) is 5.75 Å². The number of aliphatic hydroxyl groups excluding tert-OH is 1. The Labute approximate surface area is 99.0 Å². The fourth-order valence-electron chi connectivity index (χ4n) is 1.43. The lowest BCUT2D eigenvalue weighted by atomic mass is 10.0. The van der Waals surface area contributed by atoms with Crippen molar-refractivity contribution >= 4 is 17.5 Å². The molecule has 0 aliphatic heterocycles. The average Bonchev–Trinajstić information content (AvgIpc) is 2.26. The predicted octanol–water partition coefficient (Wildman–Crippen LogP) is 1.43. The van der Waals surface area contributed by atoms with E-state index < -0.39 is 12.0 Å². The first-order chi connectivity index (χ1) is 7.51. The Hall–Kier alpha value is -1.26. The van der Waals surface area contributed by atoms with Gasteiger partial charge in [0.05, 0.1) is 17.7 Å². The number of aliphatic hydroxyl groups is 1. The van der Waals surface area contributed by atoms with E-state index in [0.717, 1.165) is 12.0 Å². The summed E-state index contributed by atoms with van der Waals surface area (Å²) in [5.41, 5.74) is 6.20. The van der Waals surface area contributed by atoms with Gasteiger partial charge in [-0.25, -0.2) is 0 Å². The minimum Gasteiger partial charge on any atom is -0.496 e. The molecule has 0 aliphatic rings. The van der Waals surface area contributed by atoms with Gasteiger partial charge in [0.2, 0.25) is 0 Å². The van der Waals surface area contributed by atoms with E-state index in [1.165, 1.54) is 7.11 Å². The average molecular weight is 244 g/mol. The molecule has 1 unspecified atom stereocenters. The molecule has 0 saturated heterocycles. The lowest BCUT2D eigenvalue weighted by Crippen LogP contribution is -2.21. The third-order valence-electron chi connectivity index (χ3n) is 2.32. The molecule has 1 amide bonds. The largest absolute Gasteiger partial charge is 0.496 e. The van der Waals surface area contributed by atoms with Crippen LogP contribution < -0.4 is 10.5 Å². The standard InChI is InChI=1S/C11H14ClNO3/c1-3-6-4-7(12)9(8(5-6)16-2)10(14)11(13)15/h4-5,10,14H,3H2,1-2H3,(H2,13,15). The summed E-state index contributed by atoms with van der Waals surface area (Å²) in [6.07, 6.45) is -0.670. The van der Waals surface area contributed by atoms with Crippen LogP contribution in [-0.4, -0.2) is 18.1 Å². The molecular formula is C11H14ClNO3. The molecule has 0 radical (unpaired) electrons. The van der Waals surface area contributed by atoms with Gasteiger partial charge < -0.3 is 15.6 Å². The lowest BCUT2D eigenvalue weighted by molar-refractivity contribution is -0.126. The first-order valence-corrected chi connectivity index (χ1v) is 5.22. The van der Waals surface area contributed by atoms with Crippen molar-refractivity contribution in [2.75, 3.05) is 7.11 Å². The van der Waals surface area contributed by atoms with Crippen molar-refractivity contribution in [3.8, 4) is 5.75 Å². The molecule has 1 aromatic rings. The molecule has 1 atom stereocenters. The maximum Gasteiger partial charge on any atom is 0.251 e. The van der Waals surface area contributed by atoms with Crippen LogP contribution in [0.4, 0.5) is 0 Å². The number of primary amides is 1. The van der Waals surface area contributed by atoms with Crippen LogP contribution in [0.2, 0.25) is 5.02 Å². The summed E-state index contributed by atoms with van der Waals surface area (Å²) in [6.45, 7) is 1.97. The molecule has 16 heavy (non-hydrogen) atoms. The maximum absolute atomic E-state index is 10.9. The highest BCUT2D eigenvalue weighted by atomic mass is 35.5. The van der Waals surface area contributed by atoms with Gasteiger partial charge in [0.25, 0.3) is 5.91 Å². The summed E-state index contributed by atoms with van der Waals surface area (Å²) in [5.74, 6) is -0.486. The van der Waals surface area contributed by atoms with Crippen molar-refractivity contribution in [2.45, 2.75) is 19.4 Å². The number of hydrogen-bond acceptors (Lipinski definition) is 3. The molecule has 1 rings (SSSR count). The topological polar surface area (TPSA) is 72.5 Å². The van der Waals surface area contributed by atoms with Crippen molar-refractivity contribution in [3.63, 3.8) is 0 Å². The Morgan fingerprint density at radius 2 is 2.25 bits per heavy atom. The normalized spacial score (nSPS) is 12.2. The van der Waals surface area contributed by atoms with Crippen LogP contribution in [0.25, 0.3) is 0 Å². The molecule has 88 valence electrons. The number of carbonyl (C=O) groups is 1. The fraction of sp³-hybridized carbons (Fsp3) is 0.364. The van der Waals surface area contributed by atoms with Gasteiger partial charge in [0.1, 0.15) is 5.75 Å². The third-order valence-corrected chi connectivity index (χ3v) is 2.64. The first kappa shape index (κ1) is 12.8. The van der Waals surface area contributed by atoms with E-state index in [1.54, 1.807) is 12.1 Å². The molecule has 0 aromatic heterocycles. The van der Waals surface area contributed by atoms with Crippen LogP contribution >= 0.6 is 11.6 Å². The Balaban J connectivity index is 3.31. The lowest BCUT2D eigenvalue weighted by Gasteiger charge is -2.15. The van der Waals surface area contributed by atoms with Crippen molar-refractivity contribution in [1.29, 1.82) is 0 Å². The number of benzene rings is 1. The van der Waals surface area contributed by atoms with Gasteiger partial charge in [-0.05, 0) is 24.1 Å². The summed E-state index contributed by atoms with van der Waals surface area (Å²) < 4.78 is 5.09. The summed E-state index contributed by atoms with van der Waals surface area (Å²) in [4.78, 5) is 10.9. The molecule has 4 nitrogen and oxygen atoms in total. The molecule has 3 N–H and O–H groups in total. The first-order valence-electron chi connectivity index (χ1n) is 4.85. The number of amides is 1. The van der Waals surface area contributed by atoms with Gasteiger partial charge in [-0.3, -0.25) is 4.79 Å². The van der Waals surface area contributed by atoms with E-state index in [2.05, 4.69) is 0 Å². The molecule has 5 heteroatoms. The second-order valence-corrected chi connectivity index (χ2v) is 3.76. The van der Waals surface area contributed by atoms with E-state index in [1.807, 2.05) is 6.92 Å². The summed E-state index contributed by atoms with van der Waals surface area (Å²) in [7, 11) is 1.45. The fourth-order valence-corrected chi connectivity index (χ4v) is 1.76. The quantitative estimate of drug-likeness (QED) is 0.840. The second kappa shape index (κ2) is 5.18. The van der Waals surface area contributed by atoms with Gasteiger partial charge in [-0.1, -0.05) is 18.5 Å². The molecule has 1 aromatic carbocycles. The van der Waals surface area contributed by atoms with Crippen LogP contribution in [-0.2, 0) is 11.2 Å². The molecule has 0 saturated carbocycles. The molecule has 0 aliphatic carbocycles. The Morgan fingerprint density at radius 1 is 1.62 bits per heavy atom. The van der Waals surface area contributed by atoms with Crippen LogP contribution in [0.1, 0.15) is 24.2 Å². The van der Waals surface area contributed by atoms with Crippen LogP contribution in [0, 0.1) is 0 Å².